The SMILES string of the molecule is Cc1c(Cc2ccccc2)c(=O)oc2cc(OCC(O)CNCc3ccccc3)ccc12. The Morgan fingerprint density at radius 3 is 2.38 bits per heavy atom. The van der Waals surface area contributed by atoms with E-state index in [0.717, 1.165) is 22.1 Å². The predicted molar refractivity (Wildman–Crippen MR) is 126 cm³/mol. The smallest absolute Gasteiger partial charge is 0.340 e. The lowest BCUT2D eigenvalue weighted by Crippen LogP contribution is -2.31. The van der Waals surface area contributed by atoms with E-state index in [9.17, 15) is 9.90 Å². The summed E-state index contributed by atoms with van der Waals surface area (Å²) in [5, 5.41) is 14.3. The number of benzene rings is 3. The maximum atomic E-state index is 12.6. The van der Waals surface area contributed by atoms with E-state index < -0.39 is 6.10 Å². The van der Waals surface area contributed by atoms with Crippen LogP contribution in [0.3, 0.4) is 0 Å². The molecule has 1 atom stereocenters. The largest absolute Gasteiger partial charge is 0.491 e. The van der Waals surface area contributed by atoms with Crippen molar-refractivity contribution in [2.24, 2.45) is 0 Å². The Bertz CT molecular complexity index is 1220. The van der Waals surface area contributed by atoms with E-state index in [2.05, 4.69) is 5.32 Å². The minimum Gasteiger partial charge on any atom is -0.491 e. The van der Waals surface area contributed by atoms with E-state index in [1.54, 1.807) is 6.07 Å². The minimum absolute atomic E-state index is 0.141. The standard InChI is InChI=1S/C27H27NO4/c1-19-24-13-12-23(31-18-22(29)17-28-16-21-10-6-3-7-11-21)15-26(24)32-27(30)25(19)14-20-8-4-2-5-9-20/h2-13,15,22,28-29H,14,16-18H2,1H3. The highest BCUT2D eigenvalue weighted by Crippen LogP contribution is 2.25. The predicted octanol–water partition coefficient (Wildman–Crippen LogP) is 4.22. The highest BCUT2D eigenvalue weighted by Gasteiger charge is 2.13. The molecule has 4 rings (SSSR count). The molecule has 2 N–H and O–H groups in total. The van der Waals surface area contributed by atoms with Crippen molar-refractivity contribution in [3.8, 4) is 5.75 Å². The number of aliphatic hydroxyl groups is 1. The molecule has 5 heteroatoms. The van der Waals surface area contributed by atoms with Crippen molar-refractivity contribution >= 4 is 11.0 Å². The van der Waals surface area contributed by atoms with Gasteiger partial charge in [0.25, 0.3) is 0 Å². The van der Waals surface area contributed by atoms with Gasteiger partial charge in [-0.2, -0.15) is 0 Å². The number of fused-ring (bicyclic) bond motifs is 1. The molecule has 1 unspecified atom stereocenters. The lowest BCUT2D eigenvalue weighted by Gasteiger charge is -2.14. The number of hydrogen-bond donors (Lipinski definition) is 2. The summed E-state index contributed by atoms with van der Waals surface area (Å²) in [6.07, 6.45) is -0.123. The van der Waals surface area contributed by atoms with Crippen LogP contribution in [-0.4, -0.2) is 24.4 Å². The normalized spacial score (nSPS) is 12.1. The zero-order valence-corrected chi connectivity index (χ0v) is 18.1. The van der Waals surface area contributed by atoms with Crippen molar-refractivity contribution in [1.82, 2.24) is 5.32 Å². The fraction of sp³-hybridized carbons (Fsp3) is 0.222. The molecular formula is C27H27NO4. The summed E-state index contributed by atoms with van der Waals surface area (Å²) in [7, 11) is 0. The maximum absolute atomic E-state index is 12.6. The van der Waals surface area contributed by atoms with E-state index in [0.29, 0.717) is 36.4 Å². The Kier molecular flexibility index (Phi) is 7.00. The van der Waals surface area contributed by atoms with Gasteiger partial charge < -0.3 is 19.6 Å². The summed E-state index contributed by atoms with van der Waals surface area (Å²) >= 11 is 0. The average molecular weight is 430 g/mol. The maximum Gasteiger partial charge on any atom is 0.340 e. The summed E-state index contributed by atoms with van der Waals surface area (Å²) in [4.78, 5) is 12.6. The molecule has 32 heavy (non-hydrogen) atoms. The number of ether oxygens (including phenoxy) is 1. The van der Waals surface area contributed by atoms with E-state index in [1.165, 1.54) is 0 Å². The lowest BCUT2D eigenvalue weighted by atomic mass is 10.00. The van der Waals surface area contributed by atoms with Crippen LogP contribution in [0, 0.1) is 6.92 Å². The van der Waals surface area contributed by atoms with E-state index >= 15 is 0 Å². The fourth-order valence-electron chi connectivity index (χ4n) is 3.70. The zero-order chi connectivity index (χ0) is 22.3. The second kappa shape index (κ2) is 10.3. The third-order valence-electron chi connectivity index (χ3n) is 5.48. The first-order valence-corrected chi connectivity index (χ1v) is 10.8. The van der Waals surface area contributed by atoms with Gasteiger partial charge in [0.05, 0.1) is 0 Å². The molecule has 0 aliphatic carbocycles. The van der Waals surface area contributed by atoms with Crippen LogP contribution < -0.4 is 15.7 Å². The van der Waals surface area contributed by atoms with Crippen molar-refractivity contribution in [2.75, 3.05) is 13.2 Å². The van der Waals surface area contributed by atoms with Gasteiger partial charge in [-0.15, -0.1) is 0 Å². The molecular weight excluding hydrogens is 402 g/mol. The molecule has 0 saturated heterocycles. The van der Waals surface area contributed by atoms with Gasteiger partial charge in [0.2, 0.25) is 0 Å². The van der Waals surface area contributed by atoms with Crippen LogP contribution in [0.15, 0.2) is 88.1 Å². The molecule has 0 radical (unpaired) electrons. The second-order valence-corrected chi connectivity index (χ2v) is 7.89. The summed E-state index contributed by atoms with van der Waals surface area (Å²) in [5.41, 5.74) is 3.96. The minimum atomic E-state index is -0.656. The van der Waals surface area contributed by atoms with Crippen molar-refractivity contribution in [3.63, 3.8) is 0 Å². The molecule has 0 amide bonds. The number of aryl methyl sites for hydroxylation is 1. The van der Waals surface area contributed by atoms with Gasteiger partial charge in [-0.25, -0.2) is 4.79 Å². The Balaban J connectivity index is 1.39. The monoisotopic (exact) mass is 429 g/mol. The van der Waals surface area contributed by atoms with Gasteiger partial charge in [-0.05, 0) is 35.7 Å². The van der Waals surface area contributed by atoms with Gasteiger partial charge in [-0.1, -0.05) is 60.7 Å². The first kappa shape index (κ1) is 21.8. The summed E-state index contributed by atoms with van der Waals surface area (Å²) in [6.45, 7) is 3.19. The van der Waals surface area contributed by atoms with Crippen LogP contribution in [-0.2, 0) is 13.0 Å². The van der Waals surface area contributed by atoms with Crippen LogP contribution in [0.25, 0.3) is 11.0 Å². The quantitative estimate of drug-likeness (QED) is 0.390. The van der Waals surface area contributed by atoms with Crippen LogP contribution in [0.4, 0.5) is 0 Å². The van der Waals surface area contributed by atoms with Crippen LogP contribution in [0.2, 0.25) is 0 Å². The number of rotatable bonds is 9. The fourth-order valence-corrected chi connectivity index (χ4v) is 3.70. The molecule has 0 fully saturated rings. The van der Waals surface area contributed by atoms with E-state index in [-0.39, 0.29) is 12.2 Å². The van der Waals surface area contributed by atoms with Crippen molar-refractivity contribution in [3.05, 3.63) is 112 Å². The van der Waals surface area contributed by atoms with Crippen LogP contribution in [0.5, 0.6) is 5.75 Å². The molecule has 0 spiro atoms. The summed E-state index contributed by atoms with van der Waals surface area (Å²) in [6, 6.07) is 25.3. The molecule has 0 bridgehead atoms. The third kappa shape index (κ3) is 5.44. The number of nitrogens with one attached hydrogen (secondary N) is 1. The van der Waals surface area contributed by atoms with Gasteiger partial charge in [0.15, 0.2) is 0 Å². The van der Waals surface area contributed by atoms with E-state index in [4.69, 9.17) is 9.15 Å². The molecule has 4 aromatic rings. The van der Waals surface area contributed by atoms with Gasteiger partial charge in [0, 0.05) is 36.5 Å². The summed E-state index contributed by atoms with van der Waals surface area (Å²) in [5.74, 6) is 0.554. The Hall–Kier alpha value is -3.41. The van der Waals surface area contributed by atoms with Crippen LogP contribution >= 0.6 is 0 Å². The van der Waals surface area contributed by atoms with E-state index in [1.807, 2.05) is 79.7 Å². The van der Waals surface area contributed by atoms with Crippen molar-refractivity contribution in [2.45, 2.75) is 26.0 Å². The topological polar surface area (TPSA) is 71.7 Å². The summed E-state index contributed by atoms with van der Waals surface area (Å²) < 4.78 is 11.3. The third-order valence-corrected chi connectivity index (χ3v) is 5.48. The Morgan fingerprint density at radius 1 is 0.969 bits per heavy atom. The molecule has 0 aliphatic heterocycles. The number of aliphatic hydroxyl groups excluding tert-OH is 1. The zero-order valence-electron chi connectivity index (χ0n) is 18.1. The highest BCUT2D eigenvalue weighted by atomic mass is 16.5. The van der Waals surface area contributed by atoms with Crippen molar-refractivity contribution in [1.29, 1.82) is 0 Å². The second-order valence-electron chi connectivity index (χ2n) is 7.89. The lowest BCUT2D eigenvalue weighted by molar-refractivity contribution is 0.106. The molecule has 1 heterocycles. The van der Waals surface area contributed by atoms with Gasteiger partial charge >= 0.3 is 5.63 Å². The van der Waals surface area contributed by atoms with Crippen molar-refractivity contribution < 1.29 is 14.3 Å². The molecule has 1 aromatic heterocycles. The average Bonchev–Trinajstić information content (AvgIpc) is 2.81. The molecule has 5 nitrogen and oxygen atoms in total. The van der Waals surface area contributed by atoms with Crippen LogP contribution in [0.1, 0.15) is 22.3 Å². The van der Waals surface area contributed by atoms with Gasteiger partial charge in [-0.3, -0.25) is 0 Å². The molecule has 3 aromatic carbocycles. The molecule has 0 aliphatic rings. The van der Waals surface area contributed by atoms with Gasteiger partial charge in [0.1, 0.15) is 24.0 Å². The Morgan fingerprint density at radius 2 is 1.66 bits per heavy atom. The first-order chi connectivity index (χ1) is 15.6. The molecule has 0 saturated carbocycles. The Labute approximate surface area is 187 Å². The highest BCUT2D eigenvalue weighted by molar-refractivity contribution is 5.82. The first-order valence-electron chi connectivity index (χ1n) is 10.8. The molecule has 164 valence electrons. The number of hydrogen-bond acceptors (Lipinski definition) is 5.